The summed E-state index contributed by atoms with van der Waals surface area (Å²) in [4.78, 5) is 10.2. The lowest BCUT2D eigenvalue weighted by Gasteiger charge is -2.46. The van der Waals surface area contributed by atoms with Gasteiger partial charge >= 0.3 is 0 Å². The summed E-state index contributed by atoms with van der Waals surface area (Å²) in [5, 5.41) is 5.06. The van der Waals surface area contributed by atoms with Gasteiger partial charge in [-0.05, 0) is 44.4 Å². The van der Waals surface area contributed by atoms with Gasteiger partial charge in [-0.25, -0.2) is 4.98 Å². The van der Waals surface area contributed by atoms with Crippen LogP contribution >= 0.6 is 0 Å². The van der Waals surface area contributed by atoms with Crippen molar-refractivity contribution in [2.45, 2.75) is 37.6 Å². The fraction of sp³-hybridized carbons (Fsp3) is 0.562. The zero-order valence-electron chi connectivity index (χ0n) is 11.9. The molecule has 0 saturated carbocycles. The molecule has 0 bridgehead atoms. The first kappa shape index (κ1) is 12.2. The average Bonchev–Trinajstić information content (AvgIpc) is 2.96. The first-order chi connectivity index (χ1) is 9.86. The van der Waals surface area contributed by atoms with Gasteiger partial charge in [0, 0.05) is 42.1 Å². The van der Waals surface area contributed by atoms with Crippen molar-refractivity contribution in [3.8, 4) is 0 Å². The molecule has 1 unspecified atom stereocenters. The Kier molecular flexibility index (Phi) is 2.91. The normalized spacial score (nSPS) is 27.3. The van der Waals surface area contributed by atoms with Crippen LogP contribution in [-0.4, -0.2) is 35.1 Å². The summed E-state index contributed by atoms with van der Waals surface area (Å²) in [5.74, 6) is 0. The van der Waals surface area contributed by atoms with Crippen molar-refractivity contribution in [1.29, 1.82) is 0 Å². The summed E-state index contributed by atoms with van der Waals surface area (Å²) >= 11 is 0. The molecule has 2 N–H and O–H groups in total. The van der Waals surface area contributed by atoms with Crippen molar-refractivity contribution >= 4 is 16.7 Å². The Morgan fingerprint density at radius 3 is 3.00 bits per heavy atom. The SMILES string of the molecule is c1cc(N2CCCC3(CCCCN3)C2)c2cc[nH]c2n1. The molecule has 4 heterocycles. The van der Waals surface area contributed by atoms with Crippen LogP contribution in [-0.2, 0) is 0 Å². The molecule has 1 atom stereocenters. The molecule has 2 aromatic heterocycles. The van der Waals surface area contributed by atoms with Crippen molar-refractivity contribution in [3.63, 3.8) is 0 Å². The van der Waals surface area contributed by atoms with E-state index in [1.807, 2.05) is 12.4 Å². The number of aromatic amines is 1. The quantitative estimate of drug-likeness (QED) is 0.837. The van der Waals surface area contributed by atoms with E-state index in [-0.39, 0.29) is 0 Å². The van der Waals surface area contributed by atoms with Crippen LogP contribution < -0.4 is 10.2 Å². The highest BCUT2D eigenvalue weighted by Gasteiger charge is 2.36. The lowest BCUT2D eigenvalue weighted by Crippen LogP contribution is -2.59. The number of aromatic nitrogens is 2. The zero-order chi connectivity index (χ0) is 13.4. The maximum absolute atomic E-state index is 4.40. The highest BCUT2D eigenvalue weighted by molar-refractivity contribution is 5.89. The van der Waals surface area contributed by atoms with Gasteiger partial charge in [0.25, 0.3) is 0 Å². The zero-order valence-corrected chi connectivity index (χ0v) is 11.9. The third-order valence-corrected chi connectivity index (χ3v) is 4.94. The first-order valence-corrected chi connectivity index (χ1v) is 7.78. The maximum atomic E-state index is 4.40. The fourth-order valence-electron chi connectivity index (χ4n) is 3.94. The monoisotopic (exact) mass is 270 g/mol. The molecule has 4 rings (SSSR count). The topological polar surface area (TPSA) is 44.0 Å². The largest absolute Gasteiger partial charge is 0.369 e. The fourth-order valence-corrected chi connectivity index (χ4v) is 3.94. The van der Waals surface area contributed by atoms with E-state index >= 15 is 0 Å². The molecule has 2 aliphatic heterocycles. The van der Waals surface area contributed by atoms with Gasteiger partial charge in [0.1, 0.15) is 5.65 Å². The van der Waals surface area contributed by atoms with Gasteiger partial charge in [0.05, 0.1) is 0 Å². The van der Waals surface area contributed by atoms with Crippen LogP contribution in [0.1, 0.15) is 32.1 Å². The van der Waals surface area contributed by atoms with Gasteiger partial charge in [-0.1, -0.05) is 6.42 Å². The molecular weight excluding hydrogens is 248 g/mol. The highest BCUT2D eigenvalue weighted by atomic mass is 15.2. The minimum Gasteiger partial charge on any atom is -0.369 e. The molecule has 2 saturated heterocycles. The molecule has 4 heteroatoms. The highest BCUT2D eigenvalue weighted by Crippen LogP contribution is 2.34. The van der Waals surface area contributed by atoms with E-state index < -0.39 is 0 Å². The summed E-state index contributed by atoms with van der Waals surface area (Å²) in [7, 11) is 0. The number of hydrogen-bond donors (Lipinski definition) is 2. The van der Waals surface area contributed by atoms with Crippen molar-refractivity contribution in [2.75, 3.05) is 24.5 Å². The van der Waals surface area contributed by atoms with Crippen molar-refractivity contribution in [3.05, 3.63) is 24.5 Å². The number of H-pyrrole nitrogens is 1. The van der Waals surface area contributed by atoms with E-state index in [1.54, 1.807) is 0 Å². The number of pyridine rings is 1. The Bertz CT molecular complexity index is 592. The van der Waals surface area contributed by atoms with Crippen molar-refractivity contribution < 1.29 is 0 Å². The van der Waals surface area contributed by atoms with Gasteiger partial charge in [-0.15, -0.1) is 0 Å². The number of hydrogen-bond acceptors (Lipinski definition) is 3. The smallest absolute Gasteiger partial charge is 0.139 e. The predicted octanol–water partition coefficient (Wildman–Crippen LogP) is 2.68. The van der Waals surface area contributed by atoms with E-state index in [9.17, 15) is 0 Å². The number of fused-ring (bicyclic) bond motifs is 1. The lowest BCUT2D eigenvalue weighted by molar-refractivity contribution is 0.216. The summed E-state index contributed by atoms with van der Waals surface area (Å²) in [5.41, 5.74) is 2.68. The molecule has 4 nitrogen and oxygen atoms in total. The second-order valence-electron chi connectivity index (χ2n) is 6.26. The van der Waals surface area contributed by atoms with Crippen LogP contribution in [0.15, 0.2) is 24.5 Å². The number of anilines is 1. The first-order valence-electron chi connectivity index (χ1n) is 7.78. The molecule has 0 amide bonds. The maximum Gasteiger partial charge on any atom is 0.139 e. The van der Waals surface area contributed by atoms with E-state index in [4.69, 9.17) is 0 Å². The number of nitrogens with zero attached hydrogens (tertiary/aromatic N) is 2. The molecule has 2 aromatic rings. The summed E-state index contributed by atoms with van der Waals surface area (Å²) in [6, 6.07) is 4.31. The van der Waals surface area contributed by atoms with Crippen LogP contribution in [0.2, 0.25) is 0 Å². The van der Waals surface area contributed by atoms with Crippen LogP contribution in [0, 0.1) is 0 Å². The van der Waals surface area contributed by atoms with E-state index in [2.05, 4.69) is 32.3 Å². The summed E-state index contributed by atoms with van der Waals surface area (Å²) in [6.45, 7) is 3.48. The minimum atomic E-state index is 0.350. The molecule has 20 heavy (non-hydrogen) atoms. The standard InChI is InChI=1S/C16H22N4/c1-2-8-19-16(6-1)7-3-11-20(12-16)14-5-10-18-15-13(14)4-9-17-15/h4-5,9-10,19H,1-3,6-8,11-12H2,(H,17,18). The molecule has 2 fully saturated rings. The van der Waals surface area contributed by atoms with Gasteiger partial charge in [-0.3, -0.25) is 0 Å². The van der Waals surface area contributed by atoms with Gasteiger partial charge in [0.2, 0.25) is 0 Å². The van der Waals surface area contributed by atoms with Crippen molar-refractivity contribution in [1.82, 2.24) is 15.3 Å². The third kappa shape index (κ3) is 1.99. The molecule has 106 valence electrons. The van der Waals surface area contributed by atoms with Gasteiger partial charge in [0.15, 0.2) is 0 Å². The van der Waals surface area contributed by atoms with Gasteiger partial charge < -0.3 is 15.2 Å². The Labute approximate surface area is 119 Å². The van der Waals surface area contributed by atoms with Crippen LogP contribution in [0.3, 0.4) is 0 Å². The predicted molar refractivity (Wildman–Crippen MR) is 82.1 cm³/mol. The summed E-state index contributed by atoms with van der Waals surface area (Å²) < 4.78 is 0. The van der Waals surface area contributed by atoms with Crippen LogP contribution in [0.25, 0.3) is 11.0 Å². The van der Waals surface area contributed by atoms with Crippen LogP contribution in [0.4, 0.5) is 5.69 Å². The lowest BCUT2D eigenvalue weighted by atomic mass is 9.81. The Balaban J connectivity index is 1.66. The summed E-state index contributed by atoms with van der Waals surface area (Å²) in [6.07, 6.45) is 10.5. The third-order valence-electron chi connectivity index (χ3n) is 4.94. The van der Waals surface area contributed by atoms with E-state index in [0.717, 1.165) is 18.7 Å². The minimum absolute atomic E-state index is 0.350. The van der Waals surface area contributed by atoms with Gasteiger partial charge in [-0.2, -0.15) is 0 Å². The number of nitrogens with one attached hydrogen (secondary N) is 2. The second-order valence-corrected chi connectivity index (χ2v) is 6.26. The molecule has 2 aliphatic rings. The number of piperidine rings is 2. The number of rotatable bonds is 1. The van der Waals surface area contributed by atoms with E-state index in [1.165, 1.54) is 49.7 Å². The molecular formula is C16H22N4. The van der Waals surface area contributed by atoms with E-state index in [0.29, 0.717) is 5.54 Å². The second kappa shape index (κ2) is 4.77. The Hall–Kier alpha value is -1.55. The molecule has 1 spiro atoms. The Morgan fingerprint density at radius 2 is 2.10 bits per heavy atom. The average molecular weight is 270 g/mol. The Morgan fingerprint density at radius 1 is 1.15 bits per heavy atom. The van der Waals surface area contributed by atoms with Crippen LogP contribution in [0.5, 0.6) is 0 Å². The molecule has 0 aromatic carbocycles. The van der Waals surface area contributed by atoms with Crippen molar-refractivity contribution in [2.24, 2.45) is 0 Å². The molecule has 0 radical (unpaired) electrons. The molecule has 0 aliphatic carbocycles.